The zero-order valence-electron chi connectivity index (χ0n) is 14.5. The molecule has 1 aliphatic rings. The Labute approximate surface area is 143 Å². The van der Waals surface area contributed by atoms with E-state index in [1.165, 1.54) is 26.2 Å². The Bertz CT molecular complexity index is 699. The van der Waals surface area contributed by atoms with Crippen LogP contribution in [0, 0.1) is 11.8 Å². The van der Waals surface area contributed by atoms with E-state index in [-0.39, 0.29) is 16.7 Å². The molecule has 2 rings (SSSR count). The molecule has 0 radical (unpaired) electrons. The SMILES string of the molecule is CCOc1ccc(S(=O)(=O)N(C)C)cc1NC(=O)C(C)C1CNC1. The third-order valence-electron chi connectivity index (χ3n) is 4.22. The third-order valence-corrected chi connectivity index (χ3v) is 6.03. The monoisotopic (exact) mass is 355 g/mol. The average Bonchev–Trinajstić information content (AvgIpc) is 2.47. The highest BCUT2D eigenvalue weighted by Gasteiger charge is 2.29. The maximum atomic E-state index is 12.4. The van der Waals surface area contributed by atoms with Crippen molar-refractivity contribution in [1.82, 2.24) is 9.62 Å². The summed E-state index contributed by atoms with van der Waals surface area (Å²) in [4.78, 5) is 12.6. The lowest BCUT2D eigenvalue weighted by atomic mass is 9.88. The first-order chi connectivity index (χ1) is 11.3. The summed E-state index contributed by atoms with van der Waals surface area (Å²) in [7, 11) is -0.645. The van der Waals surface area contributed by atoms with Gasteiger partial charge in [-0.2, -0.15) is 0 Å². The van der Waals surface area contributed by atoms with Gasteiger partial charge in [0, 0.05) is 20.0 Å². The van der Waals surface area contributed by atoms with Crippen LogP contribution in [0.15, 0.2) is 23.1 Å². The summed E-state index contributed by atoms with van der Waals surface area (Å²) in [6.07, 6.45) is 0. The number of hydrogen-bond donors (Lipinski definition) is 2. The molecule has 24 heavy (non-hydrogen) atoms. The summed E-state index contributed by atoms with van der Waals surface area (Å²) in [5.74, 6) is 0.466. The van der Waals surface area contributed by atoms with Crippen LogP contribution in [0.2, 0.25) is 0 Å². The number of nitrogens with zero attached hydrogens (tertiary/aromatic N) is 1. The average molecular weight is 355 g/mol. The molecule has 1 saturated heterocycles. The second-order valence-corrected chi connectivity index (χ2v) is 8.23. The number of hydrogen-bond acceptors (Lipinski definition) is 5. The minimum absolute atomic E-state index is 0.115. The van der Waals surface area contributed by atoms with Crippen molar-refractivity contribution in [3.05, 3.63) is 18.2 Å². The molecular weight excluding hydrogens is 330 g/mol. The van der Waals surface area contributed by atoms with Gasteiger partial charge in [-0.25, -0.2) is 12.7 Å². The maximum Gasteiger partial charge on any atom is 0.242 e. The van der Waals surface area contributed by atoms with Crippen LogP contribution in [0.1, 0.15) is 13.8 Å². The molecule has 1 fully saturated rings. The smallest absolute Gasteiger partial charge is 0.242 e. The van der Waals surface area contributed by atoms with E-state index < -0.39 is 10.0 Å². The number of carbonyl (C=O) groups excluding carboxylic acids is 1. The highest BCUT2D eigenvalue weighted by Crippen LogP contribution is 2.30. The standard InChI is InChI=1S/C16H25N3O4S/c1-5-23-15-7-6-13(24(21,22)19(3)4)8-14(15)18-16(20)11(2)12-9-17-10-12/h6-8,11-12,17H,5,9-10H2,1-4H3,(H,18,20). The van der Waals surface area contributed by atoms with Crippen LogP contribution in [0.25, 0.3) is 0 Å². The van der Waals surface area contributed by atoms with E-state index >= 15 is 0 Å². The first-order valence-corrected chi connectivity index (χ1v) is 9.42. The van der Waals surface area contributed by atoms with Crippen LogP contribution in [0.4, 0.5) is 5.69 Å². The predicted octanol–water partition coefficient (Wildman–Crippen LogP) is 1.13. The summed E-state index contributed by atoms with van der Waals surface area (Å²) >= 11 is 0. The maximum absolute atomic E-state index is 12.4. The summed E-state index contributed by atoms with van der Waals surface area (Å²) < 4.78 is 31.2. The summed E-state index contributed by atoms with van der Waals surface area (Å²) in [6.45, 7) is 5.77. The molecule has 1 atom stereocenters. The minimum atomic E-state index is -3.58. The highest BCUT2D eigenvalue weighted by atomic mass is 32.2. The van der Waals surface area contributed by atoms with Gasteiger partial charge in [0.25, 0.3) is 0 Å². The number of benzene rings is 1. The molecule has 0 spiro atoms. The van der Waals surface area contributed by atoms with Crippen molar-refractivity contribution in [2.75, 3.05) is 39.1 Å². The number of amides is 1. The minimum Gasteiger partial charge on any atom is -0.492 e. The van der Waals surface area contributed by atoms with Crippen LogP contribution in [-0.4, -0.2) is 52.4 Å². The number of carbonyl (C=O) groups is 1. The number of rotatable bonds is 7. The normalized spacial score (nSPS) is 16.5. The van der Waals surface area contributed by atoms with Crippen molar-refractivity contribution in [3.8, 4) is 5.75 Å². The van der Waals surface area contributed by atoms with Gasteiger partial charge >= 0.3 is 0 Å². The van der Waals surface area contributed by atoms with E-state index in [4.69, 9.17) is 4.74 Å². The van der Waals surface area contributed by atoms with Gasteiger partial charge in [0.15, 0.2) is 0 Å². The fourth-order valence-corrected chi connectivity index (χ4v) is 3.31. The number of anilines is 1. The lowest BCUT2D eigenvalue weighted by Gasteiger charge is -2.31. The Kier molecular flexibility index (Phi) is 5.84. The molecule has 0 saturated carbocycles. The third kappa shape index (κ3) is 3.88. The zero-order chi connectivity index (χ0) is 17.9. The van der Waals surface area contributed by atoms with E-state index in [0.717, 1.165) is 17.4 Å². The molecule has 7 nitrogen and oxygen atoms in total. The Morgan fingerprint density at radius 2 is 2.08 bits per heavy atom. The van der Waals surface area contributed by atoms with Crippen molar-refractivity contribution in [1.29, 1.82) is 0 Å². The van der Waals surface area contributed by atoms with Crippen molar-refractivity contribution < 1.29 is 17.9 Å². The van der Waals surface area contributed by atoms with Crippen LogP contribution < -0.4 is 15.4 Å². The first kappa shape index (κ1) is 18.7. The van der Waals surface area contributed by atoms with Crippen LogP contribution in [0.3, 0.4) is 0 Å². The fourth-order valence-electron chi connectivity index (χ4n) is 2.38. The molecule has 8 heteroatoms. The van der Waals surface area contributed by atoms with Gasteiger partial charge in [-0.05, 0) is 44.1 Å². The van der Waals surface area contributed by atoms with Crippen LogP contribution >= 0.6 is 0 Å². The van der Waals surface area contributed by atoms with Crippen molar-refractivity contribution in [2.24, 2.45) is 11.8 Å². The van der Waals surface area contributed by atoms with Gasteiger partial charge in [0.05, 0.1) is 17.2 Å². The van der Waals surface area contributed by atoms with Gasteiger partial charge in [-0.3, -0.25) is 4.79 Å². The van der Waals surface area contributed by atoms with E-state index in [0.29, 0.717) is 24.0 Å². The van der Waals surface area contributed by atoms with Gasteiger partial charge in [0.2, 0.25) is 15.9 Å². The fraction of sp³-hybridized carbons (Fsp3) is 0.562. The zero-order valence-corrected chi connectivity index (χ0v) is 15.3. The number of sulfonamides is 1. The summed E-state index contributed by atoms with van der Waals surface area (Å²) in [5, 5.41) is 5.97. The topological polar surface area (TPSA) is 87.7 Å². The molecule has 1 aliphatic heterocycles. The predicted molar refractivity (Wildman–Crippen MR) is 92.6 cm³/mol. The molecular formula is C16H25N3O4S. The molecule has 1 unspecified atom stereocenters. The molecule has 1 aromatic carbocycles. The molecule has 134 valence electrons. The second-order valence-electron chi connectivity index (χ2n) is 6.07. The molecule has 1 aromatic rings. The Hall–Kier alpha value is -1.64. The lowest BCUT2D eigenvalue weighted by Crippen LogP contribution is -2.48. The van der Waals surface area contributed by atoms with Crippen molar-refractivity contribution in [3.63, 3.8) is 0 Å². The van der Waals surface area contributed by atoms with E-state index in [1.54, 1.807) is 6.07 Å². The van der Waals surface area contributed by atoms with Crippen molar-refractivity contribution in [2.45, 2.75) is 18.7 Å². The molecule has 0 bridgehead atoms. The van der Waals surface area contributed by atoms with E-state index in [1.807, 2.05) is 13.8 Å². The number of ether oxygens (including phenoxy) is 1. The Morgan fingerprint density at radius 3 is 2.58 bits per heavy atom. The first-order valence-electron chi connectivity index (χ1n) is 7.98. The van der Waals surface area contributed by atoms with Gasteiger partial charge in [0.1, 0.15) is 5.75 Å². The quantitative estimate of drug-likeness (QED) is 0.765. The molecule has 0 aromatic heterocycles. The Morgan fingerprint density at radius 1 is 1.42 bits per heavy atom. The number of nitrogens with one attached hydrogen (secondary N) is 2. The molecule has 0 aliphatic carbocycles. The summed E-state index contributed by atoms with van der Waals surface area (Å²) in [5.41, 5.74) is 0.379. The van der Waals surface area contributed by atoms with Crippen molar-refractivity contribution >= 4 is 21.6 Å². The Balaban J connectivity index is 2.29. The second kappa shape index (κ2) is 7.50. The van der Waals surface area contributed by atoms with Gasteiger partial charge < -0.3 is 15.4 Å². The van der Waals surface area contributed by atoms with Gasteiger partial charge in [-0.1, -0.05) is 6.92 Å². The largest absolute Gasteiger partial charge is 0.492 e. The summed E-state index contributed by atoms with van der Waals surface area (Å²) in [6, 6.07) is 4.50. The van der Waals surface area contributed by atoms with Crippen LogP contribution in [-0.2, 0) is 14.8 Å². The van der Waals surface area contributed by atoms with Crippen LogP contribution in [0.5, 0.6) is 5.75 Å². The molecule has 1 heterocycles. The van der Waals surface area contributed by atoms with E-state index in [9.17, 15) is 13.2 Å². The lowest BCUT2D eigenvalue weighted by molar-refractivity contribution is -0.121. The molecule has 2 N–H and O–H groups in total. The van der Waals surface area contributed by atoms with E-state index in [2.05, 4.69) is 10.6 Å². The molecule has 1 amide bonds. The highest BCUT2D eigenvalue weighted by molar-refractivity contribution is 7.89. The van der Waals surface area contributed by atoms with Gasteiger partial charge in [-0.15, -0.1) is 0 Å².